The molecule has 0 aromatic carbocycles. The number of rotatable bonds is 6. The molecule has 0 radical (unpaired) electrons. The average Bonchev–Trinajstić information content (AvgIpc) is 3.02. The van der Waals surface area contributed by atoms with Crippen molar-refractivity contribution in [2.24, 2.45) is 7.05 Å². The molecule has 3 aromatic heterocycles. The molecule has 122 valence electrons. The number of hydrogen-bond acceptors (Lipinski definition) is 6. The van der Waals surface area contributed by atoms with Crippen LogP contribution in [0.15, 0.2) is 12.3 Å². The van der Waals surface area contributed by atoms with Gasteiger partial charge in [-0.25, -0.2) is 4.98 Å². The number of aromatic nitrogens is 6. The topological polar surface area (TPSA) is 99.5 Å². The van der Waals surface area contributed by atoms with E-state index in [1.807, 2.05) is 35.6 Å². The lowest BCUT2D eigenvalue weighted by Gasteiger charge is -2.05. The molecule has 3 rings (SSSR count). The predicted molar refractivity (Wildman–Crippen MR) is 90.2 cm³/mol. The van der Waals surface area contributed by atoms with Gasteiger partial charge in [0.1, 0.15) is 5.52 Å². The van der Waals surface area contributed by atoms with Gasteiger partial charge in [-0.3, -0.25) is 9.36 Å². The smallest absolute Gasteiger partial charge is 0.222 e. The van der Waals surface area contributed by atoms with Crippen molar-refractivity contribution >= 4 is 22.8 Å². The summed E-state index contributed by atoms with van der Waals surface area (Å²) in [7, 11) is 1.93. The van der Waals surface area contributed by atoms with E-state index in [-0.39, 0.29) is 5.95 Å². The number of nitrogen functional groups attached to an aromatic ring is 1. The van der Waals surface area contributed by atoms with Crippen LogP contribution in [0.3, 0.4) is 0 Å². The molecule has 0 aliphatic rings. The number of unbranched alkanes of at least 4 members (excludes halogenated alkanes) is 1. The van der Waals surface area contributed by atoms with Crippen molar-refractivity contribution in [1.82, 2.24) is 29.5 Å². The fourth-order valence-corrected chi connectivity index (χ4v) is 2.54. The van der Waals surface area contributed by atoms with Gasteiger partial charge >= 0.3 is 0 Å². The van der Waals surface area contributed by atoms with Crippen LogP contribution in [-0.4, -0.2) is 36.1 Å². The van der Waals surface area contributed by atoms with E-state index in [0.717, 1.165) is 41.8 Å². The van der Waals surface area contributed by atoms with Gasteiger partial charge in [0, 0.05) is 13.6 Å². The summed E-state index contributed by atoms with van der Waals surface area (Å²) in [5.74, 6) is 0.952. The number of nitrogens with two attached hydrogens (primary N) is 1. The van der Waals surface area contributed by atoms with Gasteiger partial charge in [0.2, 0.25) is 5.95 Å². The summed E-state index contributed by atoms with van der Waals surface area (Å²) >= 11 is 0. The van der Waals surface area contributed by atoms with E-state index < -0.39 is 0 Å². The summed E-state index contributed by atoms with van der Waals surface area (Å²) in [6, 6.07) is 2.05. The standard InChI is InChI=1S/C15H22N8/c1-4-5-6-17-14-13-12(18-15(16)19-14)9-23(21-13)8-11-7-10(2)20-22(11)3/h7,9H,4-6,8H2,1-3H3,(H3,16,17,18,19). The molecule has 0 bridgehead atoms. The van der Waals surface area contributed by atoms with Crippen molar-refractivity contribution in [2.75, 3.05) is 17.6 Å². The van der Waals surface area contributed by atoms with E-state index in [4.69, 9.17) is 5.73 Å². The van der Waals surface area contributed by atoms with Crippen molar-refractivity contribution < 1.29 is 0 Å². The minimum Gasteiger partial charge on any atom is -0.368 e. The van der Waals surface area contributed by atoms with Crippen molar-refractivity contribution in [3.8, 4) is 0 Å². The molecule has 3 aromatic rings. The molecule has 0 amide bonds. The predicted octanol–water partition coefficient (Wildman–Crippen LogP) is 1.71. The summed E-state index contributed by atoms with van der Waals surface area (Å²) in [5.41, 5.74) is 9.37. The lowest BCUT2D eigenvalue weighted by atomic mass is 10.3. The lowest BCUT2D eigenvalue weighted by molar-refractivity contribution is 0.623. The fraction of sp³-hybridized carbons (Fsp3) is 0.467. The molecular weight excluding hydrogens is 292 g/mol. The second kappa shape index (κ2) is 6.23. The third kappa shape index (κ3) is 3.25. The largest absolute Gasteiger partial charge is 0.368 e. The molecular formula is C15H22N8. The minimum atomic E-state index is 0.257. The summed E-state index contributed by atoms with van der Waals surface area (Å²) < 4.78 is 3.71. The molecule has 0 fully saturated rings. The van der Waals surface area contributed by atoms with Crippen molar-refractivity contribution in [1.29, 1.82) is 0 Å². The molecule has 0 aliphatic heterocycles. The molecule has 8 nitrogen and oxygen atoms in total. The van der Waals surface area contributed by atoms with E-state index in [2.05, 4.69) is 32.4 Å². The van der Waals surface area contributed by atoms with Crippen LogP contribution < -0.4 is 11.1 Å². The van der Waals surface area contributed by atoms with Gasteiger partial charge in [0.05, 0.1) is 24.1 Å². The number of aryl methyl sites for hydroxylation is 2. The quantitative estimate of drug-likeness (QED) is 0.672. The Morgan fingerprint density at radius 3 is 2.78 bits per heavy atom. The second-order valence-electron chi connectivity index (χ2n) is 5.67. The molecule has 0 spiro atoms. The molecule has 0 unspecified atom stereocenters. The molecule has 0 aliphatic carbocycles. The highest BCUT2D eigenvalue weighted by atomic mass is 15.3. The first-order valence-corrected chi connectivity index (χ1v) is 7.81. The minimum absolute atomic E-state index is 0.257. The van der Waals surface area contributed by atoms with Crippen LogP contribution in [0.5, 0.6) is 0 Å². The number of hydrogen-bond donors (Lipinski definition) is 2. The maximum absolute atomic E-state index is 5.80. The summed E-state index contributed by atoms with van der Waals surface area (Å²) in [4.78, 5) is 8.55. The van der Waals surface area contributed by atoms with Gasteiger partial charge in [0.25, 0.3) is 0 Å². The first kappa shape index (κ1) is 15.3. The average molecular weight is 314 g/mol. The van der Waals surface area contributed by atoms with Crippen LogP contribution in [0.4, 0.5) is 11.8 Å². The van der Waals surface area contributed by atoms with Crippen LogP contribution in [0.25, 0.3) is 11.0 Å². The molecule has 0 saturated heterocycles. The number of fused-ring (bicyclic) bond motifs is 1. The fourth-order valence-electron chi connectivity index (χ4n) is 2.54. The SMILES string of the molecule is CCCCNc1nc(N)nc2cn(Cc3cc(C)nn3C)nc12. The van der Waals surface area contributed by atoms with Gasteiger partial charge in [-0.15, -0.1) is 0 Å². The zero-order chi connectivity index (χ0) is 16.4. The van der Waals surface area contributed by atoms with Gasteiger partial charge in [-0.2, -0.15) is 15.2 Å². The number of nitrogens with zero attached hydrogens (tertiary/aromatic N) is 6. The summed E-state index contributed by atoms with van der Waals surface area (Å²) in [5, 5.41) is 12.3. The van der Waals surface area contributed by atoms with Crippen LogP contribution >= 0.6 is 0 Å². The van der Waals surface area contributed by atoms with Crippen LogP contribution in [0.1, 0.15) is 31.2 Å². The molecule has 8 heteroatoms. The van der Waals surface area contributed by atoms with Gasteiger partial charge < -0.3 is 11.1 Å². The molecule has 3 heterocycles. The summed E-state index contributed by atoms with van der Waals surface area (Å²) in [6.07, 6.45) is 4.08. The Hall–Kier alpha value is -2.64. The van der Waals surface area contributed by atoms with Crippen molar-refractivity contribution in [2.45, 2.75) is 33.2 Å². The Labute approximate surface area is 134 Å². The monoisotopic (exact) mass is 314 g/mol. The zero-order valence-corrected chi connectivity index (χ0v) is 13.7. The second-order valence-corrected chi connectivity index (χ2v) is 5.67. The Morgan fingerprint density at radius 2 is 2.09 bits per heavy atom. The maximum atomic E-state index is 5.80. The Balaban J connectivity index is 1.91. The summed E-state index contributed by atoms with van der Waals surface area (Å²) in [6.45, 7) is 5.60. The highest BCUT2D eigenvalue weighted by Gasteiger charge is 2.12. The van der Waals surface area contributed by atoms with E-state index in [9.17, 15) is 0 Å². The van der Waals surface area contributed by atoms with E-state index in [1.165, 1.54) is 0 Å². The van der Waals surface area contributed by atoms with E-state index >= 15 is 0 Å². The third-order valence-corrected chi connectivity index (χ3v) is 3.67. The van der Waals surface area contributed by atoms with Crippen molar-refractivity contribution in [3.05, 3.63) is 23.7 Å². The molecule has 0 saturated carbocycles. The van der Waals surface area contributed by atoms with Gasteiger partial charge in [0.15, 0.2) is 11.3 Å². The maximum Gasteiger partial charge on any atom is 0.222 e. The first-order chi connectivity index (χ1) is 11.1. The van der Waals surface area contributed by atoms with E-state index in [1.54, 1.807) is 0 Å². The van der Waals surface area contributed by atoms with Crippen LogP contribution in [0, 0.1) is 6.92 Å². The number of anilines is 2. The van der Waals surface area contributed by atoms with E-state index in [0.29, 0.717) is 12.4 Å². The van der Waals surface area contributed by atoms with Crippen molar-refractivity contribution in [3.63, 3.8) is 0 Å². The highest BCUT2D eigenvalue weighted by molar-refractivity contribution is 5.85. The Kier molecular flexibility index (Phi) is 4.14. The van der Waals surface area contributed by atoms with Crippen LogP contribution in [-0.2, 0) is 13.6 Å². The first-order valence-electron chi connectivity index (χ1n) is 7.81. The van der Waals surface area contributed by atoms with Gasteiger partial charge in [-0.05, 0) is 19.4 Å². The Bertz CT molecular complexity index is 816. The zero-order valence-electron chi connectivity index (χ0n) is 13.7. The highest BCUT2D eigenvalue weighted by Crippen LogP contribution is 2.20. The number of nitrogens with one attached hydrogen (secondary N) is 1. The molecule has 23 heavy (non-hydrogen) atoms. The molecule has 0 atom stereocenters. The van der Waals surface area contributed by atoms with Gasteiger partial charge in [-0.1, -0.05) is 13.3 Å². The molecule has 3 N–H and O–H groups in total. The third-order valence-electron chi connectivity index (χ3n) is 3.67. The lowest BCUT2D eigenvalue weighted by Crippen LogP contribution is -2.07. The Morgan fingerprint density at radius 1 is 1.26 bits per heavy atom. The van der Waals surface area contributed by atoms with Crippen LogP contribution in [0.2, 0.25) is 0 Å². The normalized spacial score (nSPS) is 11.3.